The van der Waals surface area contributed by atoms with Gasteiger partial charge in [-0.15, -0.1) is 0 Å². The summed E-state index contributed by atoms with van der Waals surface area (Å²) in [5, 5.41) is 0. The van der Waals surface area contributed by atoms with Crippen LogP contribution in [-0.4, -0.2) is 18.4 Å². The molecule has 17 heavy (non-hydrogen) atoms. The van der Waals surface area contributed by atoms with Crippen molar-refractivity contribution in [3.63, 3.8) is 0 Å². The van der Waals surface area contributed by atoms with Crippen molar-refractivity contribution in [1.29, 1.82) is 0 Å². The van der Waals surface area contributed by atoms with Crippen LogP contribution in [0.3, 0.4) is 0 Å². The molecule has 1 aliphatic heterocycles. The second kappa shape index (κ2) is 5.35. The fourth-order valence-electron chi connectivity index (χ4n) is 2.60. The van der Waals surface area contributed by atoms with Gasteiger partial charge in [-0.1, -0.05) is 18.2 Å². The van der Waals surface area contributed by atoms with Gasteiger partial charge >= 0.3 is 0 Å². The molecule has 1 aliphatic rings. The van der Waals surface area contributed by atoms with Gasteiger partial charge in [0.25, 0.3) is 0 Å². The highest BCUT2D eigenvalue weighted by molar-refractivity contribution is 5.75. The standard InChI is InChI=1S/C15H21NO/c1-12-9-10-14-7-3-4-8-15(14)16(12)11-5-6-13(2)17/h3-4,7-8,12H,5-6,9-11H2,1-2H3. The van der Waals surface area contributed by atoms with E-state index >= 15 is 0 Å². The van der Waals surface area contributed by atoms with Gasteiger partial charge in [-0.25, -0.2) is 0 Å². The molecule has 0 aromatic heterocycles. The van der Waals surface area contributed by atoms with E-state index in [0.717, 1.165) is 13.0 Å². The summed E-state index contributed by atoms with van der Waals surface area (Å²) in [6, 6.07) is 9.24. The zero-order chi connectivity index (χ0) is 12.3. The van der Waals surface area contributed by atoms with Gasteiger partial charge in [0, 0.05) is 24.7 Å². The molecule has 0 N–H and O–H groups in total. The molecule has 0 aliphatic carbocycles. The molecule has 2 heteroatoms. The number of nitrogens with zero attached hydrogens (tertiary/aromatic N) is 1. The topological polar surface area (TPSA) is 20.3 Å². The molecular weight excluding hydrogens is 210 g/mol. The Balaban J connectivity index is 2.07. The quantitative estimate of drug-likeness (QED) is 0.793. The number of Topliss-reactive ketones (excluding diaryl/α,β-unsaturated/α-hetero) is 1. The largest absolute Gasteiger partial charge is 0.369 e. The number of rotatable bonds is 4. The van der Waals surface area contributed by atoms with Crippen molar-refractivity contribution in [2.24, 2.45) is 0 Å². The number of anilines is 1. The number of hydrogen-bond donors (Lipinski definition) is 0. The number of hydrogen-bond acceptors (Lipinski definition) is 2. The van der Waals surface area contributed by atoms with Gasteiger partial charge in [0.2, 0.25) is 0 Å². The van der Waals surface area contributed by atoms with Crippen LogP contribution in [0, 0.1) is 0 Å². The van der Waals surface area contributed by atoms with Gasteiger partial charge < -0.3 is 9.69 Å². The van der Waals surface area contributed by atoms with Crippen LogP contribution in [0.2, 0.25) is 0 Å². The lowest BCUT2D eigenvalue weighted by molar-refractivity contribution is -0.117. The molecule has 1 unspecified atom stereocenters. The van der Waals surface area contributed by atoms with E-state index in [-0.39, 0.29) is 0 Å². The Morgan fingerprint density at radius 2 is 2.18 bits per heavy atom. The number of fused-ring (bicyclic) bond motifs is 1. The summed E-state index contributed by atoms with van der Waals surface area (Å²) >= 11 is 0. The predicted molar refractivity (Wildman–Crippen MR) is 71.5 cm³/mol. The van der Waals surface area contributed by atoms with E-state index in [0.29, 0.717) is 18.2 Å². The second-order valence-electron chi connectivity index (χ2n) is 5.02. The Kier molecular flexibility index (Phi) is 3.82. The number of carbonyl (C=O) groups is 1. The lowest BCUT2D eigenvalue weighted by Crippen LogP contribution is -2.38. The molecule has 1 heterocycles. The average molecular weight is 231 g/mol. The van der Waals surface area contributed by atoms with Crippen LogP contribution >= 0.6 is 0 Å². The predicted octanol–water partition coefficient (Wildman–Crippen LogP) is 3.20. The first kappa shape index (κ1) is 12.2. The Morgan fingerprint density at radius 3 is 2.94 bits per heavy atom. The van der Waals surface area contributed by atoms with E-state index in [1.54, 1.807) is 6.92 Å². The van der Waals surface area contributed by atoms with Crippen LogP contribution in [0.1, 0.15) is 38.7 Å². The van der Waals surface area contributed by atoms with E-state index in [2.05, 4.69) is 36.1 Å². The zero-order valence-corrected chi connectivity index (χ0v) is 10.8. The van der Waals surface area contributed by atoms with Gasteiger partial charge in [0.1, 0.15) is 5.78 Å². The summed E-state index contributed by atoms with van der Waals surface area (Å²) < 4.78 is 0. The maximum atomic E-state index is 11.0. The lowest BCUT2D eigenvalue weighted by atomic mass is 9.96. The highest BCUT2D eigenvalue weighted by Gasteiger charge is 2.21. The minimum absolute atomic E-state index is 0.294. The first-order chi connectivity index (χ1) is 8.18. The molecular formula is C15H21NO. The summed E-state index contributed by atoms with van der Waals surface area (Å²) in [6.07, 6.45) is 4.07. The molecule has 0 bridgehead atoms. The van der Waals surface area contributed by atoms with E-state index in [4.69, 9.17) is 0 Å². The smallest absolute Gasteiger partial charge is 0.129 e. The van der Waals surface area contributed by atoms with Gasteiger partial charge in [-0.2, -0.15) is 0 Å². The van der Waals surface area contributed by atoms with E-state index < -0.39 is 0 Å². The van der Waals surface area contributed by atoms with Crippen molar-refractivity contribution in [1.82, 2.24) is 0 Å². The molecule has 92 valence electrons. The highest BCUT2D eigenvalue weighted by Crippen LogP contribution is 2.30. The minimum Gasteiger partial charge on any atom is -0.369 e. The van der Waals surface area contributed by atoms with Gasteiger partial charge in [-0.05, 0) is 44.7 Å². The van der Waals surface area contributed by atoms with E-state index in [1.807, 2.05) is 0 Å². The van der Waals surface area contributed by atoms with Crippen molar-refractivity contribution < 1.29 is 4.79 Å². The second-order valence-corrected chi connectivity index (χ2v) is 5.02. The molecule has 0 radical (unpaired) electrons. The number of ketones is 1. The summed E-state index contributed by atoms with van der Waals surface area (Å²) in [5.74, 6) is 0.294. The first-order valence-electron chi connectivity index (χ1n) is 6.52. The number of para-hydroxylation sites is 1. The fourth-order valence-corrected chi connectivity index (χ4v) is 2.60. The molecule has 0 saturated heterocycles. The summed E-state index contributed by atoms with van der Waals surface area (Å²) in [5.41, 5.74) is 2.82. The third-order valence-electron chi connectivity index (χ3n) is 3.59. The summed E-state index contributed by atoms with van der Waals surface area (Å²) in [6.45, 7) is 4.95. The van der Waals surface area contributed by atoms with E-state index in [1.165, 1.54) is 24.1 Å². The van der Waals surface area contributed by atoms with Gasteiger partial charge in [0.05, 0.1) is 0 Å². The van der Waals surface area contributed by atoms with Crippen molar-refractivity contribution in [2.45, 2.75) is 45.6 Å². The average Bonchev–Trinajstić information content (AvgIpc) is 2.32. The number of carbonyl (C=O) groups excluding carboxylic acids is 1. The van der Waals surface area contributed by atoms with E-state index in [9.17, 15) is 4.79 Å². The van der Waals surface area contributed by atoms with Crippen LogP contribution in [0.15, 0.2) is 24.3 Å². The number of aryl methyl sites for hydroxylation is 1. The highest BCUT2D eigenvalue weighted by atomic mass is 16.1. The van der Waals surface area contributed by atoms with Crippen molar-refractivity contribution in [2.75, 3.05) is 11.4 Å². The SMILES string of the molecule is CC(=O)CCCN1c2ccccc2CCC1C. The zero-order valence-electron chi connectivity index (χ0n) is 10.8. The maximum Gasteiger partial charge on any atom is 0.129 e. The lowest BCUT2D eigenvalue weighted by Gasteiger charge is -2.37. The first-order valence-corrected chi connectivity index (χ1v) is 6.52. The van der Waals surface area contributed by atoms with Crippen molar-refractivity contribution in [3.8, 4) is 0 Å². The van der Waals surface area contributed by atoms with Crippen LogP contribution < -0.4 is 4.90 Å². The Labute approximate surface area is 104 Å². The van der Waals surface area contributed by atoms with Crippen LogP contribution in [0.4, 0.5) is 5.69 Å². The maximum absolute atomic E-state index is 11.0. The van der Waals surface area contributed by atoms with Crippen molar-refractivity contribution in [3.05, 3.63) is 29.8 Å². The Bertz CT molecular complexity index is 400. The van der Waals surface area contributed by atoms with Crippen LogP contribution in [0.5, 0.6) is 0 Å². The van der Waals surface area contributed by atoms with Crippen molar-refractivity contribution >= 4 is 11.5 Å². The molecule has 1 atom stereocenters. The molecule has 0 amide bonds. The van der Waals surface area contributed by atoms with Crippen LogP contribution in [-0.2, 0) is 11.2 Å². The molecule has 1 aromatic carbocycles. The van der Waals surface area contributed by atoms with Gasteiger partial charge in [0.15, 0.2) is 0 Å². The normalized spacial score (nSPS) is 18.9. The summed E-state index contributed by atoms with van der Waals surface area (Å²) in [4.78, 5) is 13.5. The van der Waals surface area contributed by atoms with Gasteiger partial charge in [-0.3, -0.25) is 0 Å². The Hall–Kier alpha value is -1.31. The third-order valence-corrected chi connectivity index (χ3v) is 3.59. The molecule has 1 aromatic rings. The molecule has 2 nitrogen and oxygen atoms in total. The third kappa shape index (κ3) is 2.87. The molecule has 2 rings (SSSR count). The Morgan fingerprint density at radius 1 is 1.41 bits per heavy atom. The monoisotopic (exact) mass is 231 g/mol. The number of benzene rings is 1. The summed E-state index contributed by atoms with van der Waals surface area (Å²) in [7, 11) is 0. The molecule has 0 spiro atoms. The molecule has 0 saturated carbocycles. The molecule has 0 fully saturated rings. The fraction of sp³-hybridized carbons (Fsp3) is 0.533. The minimum atomic E-state index is 0.294. The van der Waals surface area contributed by atoms with Crippen LogP contribution in [0.25, 0.3) is 0 Å².